The maximum Gasteiger partial charge on any atom is 0.323 e. The van der Waals surface area contributed by atoms with Crippen LogP contribution in [0.3, 0.4) is 0 Å². The first kappa shape index (κ1) is 18.4. The number of fused-ring (bicyclic) bond motifs is 1. The van der Waals surface area contributed by atoms with E-state index in [0.29, 0.717) is 18.6 Å². The van der Waals surface area contributed by atoms with Gasteiger partial charge in [-0.1, -0.05) is 62.7 Å². The van der Waals surface area contributed by atoms with Crippen LogP contribution in [0, 0.1) is 6.92 Å². The average Bonchev–Trinajstić information content (AvgIpc) is 2.86. The van der Waals surface area contributed by atoms with Crippen molar-refractivity contribution in [3.05, 3.63) is 64.2 Å². The highest BCUT2D eigenvalue weighted by Gasteiger charge is 2.38. The van der Waals surface area contributed by atoms with Crippen molar-refractivity contribution in [2.75, 3.05) is 0 Å². The number of esters is 1. The molecule has 0 radical (unpaired) electrons. The second-order valence-electron chi connectivity index (χ2n) is 8.28. The molecule has 0 aliphatic carbocycles. The lowest BCUT2D eigenvalue weighted by Gasteiger charge is -2.23. The Morgan fingerprint density at radius 3 is 2.50 bits per heavy atom. The lowest BCUT2D eigenvalue weighted by molar-refractivity contribution is -0.133. The number of ether oxygens (including phenoxy) is 1. The monoisotopic (exact) mass is 350 g/mol. The highest BCUT2D eigenvalue weighted by Crippen LogP contribution is 2.45. The molecule has 0 N–H and O–H groups in total. The van der Waals surface area contributed by atoms with Gasteiger partial charge in [-0.3, -0.25) is 4.79 Å². The summed E-state index contributed by atoms with van der Waals surface area (Å²) < 4.78 is 5.75. The summed E-state index contributed by atoms with van der Waals surface area (Å²) in [6, 6.07) is 12.2. The summed E-state index contributed by atoms with van der Waals surface area (Å²) in [5.41, 5.74) is 4.95. The number of aryl methyl sites for hydroxylation is 2. The van der Waals surface area contributed by atoms with E-state index in [2.05, 4.69) is 26.8 Å². The number of ketones is 1. The minimum Gasteiger partial charge on any atom is -0.425 e. The fraction of sp³-hybridized carbons (Fsp3) is 0.391. The van der Waals surface area contributed by atoms with Crippen LogP contribution in [0.2, 0.25) is 0 Å². The third-order valence-corrected chi connectivity index (χ3v) is 4.88. The van der Waals surface area contributed by atoms with E-state index < -0.39 is 5.92 Å². The van der Waals surface area contributed by atoms with E-state index in [1.165, 1.54) is 0 Å². The molecule has 0 amide bonds. The molecule has 0 aromatic heterocycles. The Morgan fingerprint density at radius 1 is 1.15 bits per heavy atom. The Morgan fingerprint density at radius 2 is 1.88 bits per heavy atom. The molecule has 2 aromatic carbocycles. The van der Waals surface area contributed by atoms with Gasteiger partial charge in [0.1, 0.15) is 17.5 Å². The Labute approximate surface area is 155 Å². The third kappa shape index (κ3) is 3.57. The smallest absolute Gasteiger partial charge is 0.323 e. The van der Waals surface area contributed by atoms with Crippen molar-refractivity contribution >= 4 is 11.8 Å². The van der Waals surface area contributed by atoms with Gasteiger partial charge < -0.3 is 9.53 Å². The number of benzene rings is 2. The molecule has 3 heteroatoms. The Balaban J connectivity index is 2.14. The molecule has 0 spiro atoms. The van der Waals surface area contributed by atoms with Gasteiger partial charge in [-0.15, -0.1) is 0 Å². The number of hydrogen-bond donors (Lipinski definition) is 0. The lowest BCUT2D eigenvalue weighted by Crippen LogP contribution is -2.14. The maximum atomic E-state index is 12.7. The van der Waals surface area contributed by atoms with Gasteiger partial charge in [0.15, 0.2) is 0 Å². The van der Waals surface area contributed by atoms with Crippen LogP contribution in [-0.4, -0.2) is 11.8 Å². The average molecular weight is 350 g/mol. The first-order chi connectivity index (χ1) is 12.2. The summed E-state index contributed by atoms with van der Waals surface area (Å²) in [6.07, 6.45) is 1.19. The standard InChI is InChI=1S/C23H26O3/c1-14-7-6-8-17(11-14)20-18-12-16(10-9-15(2)24)13-19(23(3,4)5)21(18)26-22(20)25/h6-8,11-13,20H,9-10H2,1-5H3. The summed E-state index contributed by atoms with van der Waals surface area (Å²) in [7, 11) is 0. The molecule has 0 fully saturated rings. The van der Waals surface area contributed by atoms with Crippen molar-refractivity contribution in [1.82, 2.24) is 0 Å². The van der Waals surface area contributed by atoms with Gasteiger partial charge >= 0.3 is 5.97 Å². The molecule has 1 heterocycles. The Kier molecular flexibility index (Phi) is 4.74. The van der Waals surface area contributed by atoms with Crippen LogP contribution in [-0.2, 0) is 21.4 Å². The summed E-state index contributed by atoms with van der Waals surface area (Å²) in [4.78, 5) is 24.2. The molecule has 0 saturated heterocycles. The molecule has 3 rings (SSSR count). The van der Waals surface area contributed by atoms with Crippen LogP contribution in [0.5, 0.6) is 5.75 Å². The van der Waals surface area contributed by atoms with E-state index in [0.717, 1.165) is 27.8 Å². The molecular formula is C23H26O3. The van der Waals surface area contributed by atoms with Crippen LogP contribution in [0.15, 0.2) is 36.4 Å². The predicted molar refractivity (Wildman–Crippen MR) is 103 cm³/mol. The zero-order valence-electron chi connectivity index (χ0n) is 16.2. The Bertz CT molecular complexity index is 872. The largest absolute Gasteiger partial charge is 0.425 e. The zero-order chi connectivity index (χ0) is 19.1. The molecular weight excluding hydrogens is 324 g/mol. The van der Waals surface area contributed by atoms with Crippen LogP contribution < -0.4 is 4.74 Å². The van der Waals surface area contributed by atoms with Crippen molar-refractivity contribution in [3.8, 4) is 5.75 Å². The fourth-order valence-corrected chi connectivity index (χ4v) is 3.52. The Hall–Kier alpha value is -2.42. The van der Waals surface area contributed by atoms with Crippen molar-refractivity contribution < 1.29 is 14.3 Å². The molecule has 3 nitrogen and oxygen atoms in total. The van der Waals surface area contributed by atoms with Crippen molar-refractivity contribution in [1.29, 1.82) is 0 Å². The van der Waals surface area contributed by atoms with E-state index in [9.17, 15) is 9.59 Å². The first-order valence-corrected chi connectivity index (χ1v) is 9.12. The normalized spacial score (nSPS) is 16.3. The highest BCUT2D eigenvalue weighted by molar-refractivity contribution is 5.90. The molecule has 1 unspecified atom stereocenters. The van der Waals surface area contributed by atoms with Gasteiger partial charge in [-0.2, -0.15) is 0 Å². The van der Waals surface area contributed by atoms with E-state index >= 15 is 0 Å². The van der Waals surface area contributed by atoms with Crippen molar-refractivity contribution in [3.63, 3.8) is 0 Å². The van der Waals surface area contributed by atoms with Crippen LogP contribution in [0.25, 0.3) is 0 Å². The van der Waals surface area contributed by atoms with Gasteiger partial charge in [-0.25, -0.2) is 0 Å². The number of carbonyl (C=O) groups excluding carboxylic acids is 2. The summed E-state index contributed by atoms with van der Waals surface area (Å²) >= 11 is 0. The minimum absolute atomic E-state index is 0.155. The highest BCUT2D eigenvalue weighted by atomic mass is 16.5. The molecule has 1 aliphatic heterocycles. The number of hydrogen-bond acceptors (Lipinski definition) is 3. The van der Waals surface area contributed by atoms with Gasteiger partial charge in [0.05, 0.1) is 0 Å². The second kappa shape index (κ2) is 6.71. The topological polar surface area (TPSA) is 43.4 Å². The van der Waals surface area contributed by atoms with E-state index in [4.69, 9.17) is 4.74 Å². The lowest BCUT2D eigenvalue weighted by atomic mass is 9.81. The quantitative estimate of drug-likeness (QED) is 0.584. The minimum atomic E-state index is -0.400. The number of Topliss-reactive ketones (excluding diaryl/α,β-unsaturated/α-hetero) is 1. The first-order valence-electron chi connectivity index (χ1n) is 9.12. The molecule has 0 bridgehead atoms. The van der Waals surface area contributed by atoms with E-state index in [1.54, 1.807) is 6.92 Å². The maximum absolute atomic E-state index is 12.7. The summed E-state index contributed by atoms with van der Waals surface area (Å²) in [5.74, 6) is 0.244. The SMILES string of the molecule is CC(=O)CCc1cc2c(c(C(C)(C)C)c1)OC(=O)C2c1cccc(C)c1. The van der Waals surface area contributed by atoms with Crippen molar-refractivity contribution in [2.45, 2.75) is 58.8 Å². The van der Waals surface area contributed by atoms with E-state index in [-0.39, 0.29) is 17.2 Å². The molecule has 0 saturated carbocycles. The predicted octanol–water partition coefficient (Wildman–Crippen LogP) is 4.87. The molecule has 26 heavy (non-hydrogen) atoms. The summed E-state index contributed by atoms with van der Waals surface area (Å²) in [6.45, 7) is 9.98. The molecule has 1 aliphatic rings. The van der Waals surface area contributed by atoms with Gasteiger partial charge in [0, 0.05) is 17.5 Å². The van der Waals surface area contributed by atoms with Crippen LogP contribution >= 0.6 is 0 Å². The molecule has 1 atom stereocenters. The van der Waals surface area contributed by atoms with Crippen LogP contribution in [0.4, 0.5) is 0 Å². The number of carbonyl (C=O) groups is 2. The van der Waals surface area contributed by atoms with Gasteiger partial charge in [0.25, 0.3) is 0 Å². The summed E-state index contributed by atoms with van der Waals surface area (Å²) in [5, 5.41) is 0. The molecule has 136 valence electrons. The zero-order valence-corrected chi connectivity index (χ0v) is 16.2. The van der Waals surface area contributed by atoms with E-state index in [1.807, 2.05) is 37.3 Å². The number of rotatable bonds is 4. The van der Waals surface area contributed by atoms with Gasteiger partial charge in [-0.05, 0) is 36.8 Å². The third-order valence-electron chi connectivity index (χ3n) is 4.88. The fourth-order valence-electron chi connectivity index (χ4n) is 3.52. The van der Waals surface area contributed by atoms with Crippen molar-refractivity contribution in [2.24, 2.45) is 0 Å². The molecule has 2 aromatic rings. The van der Waals surface area contributed by atoms with Gasteiger partial charge in [0.2, 0.25) is 0 Å². The van der Waals surface area contributed by atoms with Crippen LogP contribution in [0.1, 0.15) is 67.9 Å². The second-order valence-corrected chi connectivity index (χ2v) is 8.28.